The maximum absolute atomic E-state index is 4.55. The lowest BCUT2D eigenvalue weighted by atomic mass is 10.3. The van der Waals surface area contributed by atoms with Gasteiger partial charge in [0.15, 0.2) is 0 Å². The van der Waals surface area contributed by atoms with Gasteiger partial charge in [0.05, 0.1) is 10.6 Å². The van der Waals surface area contributed by atoms with Crippen LogP contribution in [0.25, 0.3) is 0 Å². The van der Waals surface area contributed by atoms with Crippen LogP contribution in [0, 0.1) is 6.92 Å². The molecule has 1 aliphatic heterocycles. The molecule has 0 aromatic carbocycles. The van der Waals surface area contributed by atoms with Gasteiger partial charge in [-0.1, -0.05) is 22.6 Å². The van der Waals surface area contributed by atoms with E-state index in [0.717, 1.165) is 11.5 Å². The number of fused-ring (bicyclic) bond motifs is 1. The second kappa shape index (κ2) is 3.24. The first kappa shape index (κ1) is 9.45. The number of aryl methyl sites for hydroxylation is 1. The van der Waals surface area contributed by atoms with E-state index in [2.05, 4.69) is 59.4 Å². The first-order chi connectivity index (χ1) is 6.09. The van der Waals surface area contributed by atoms with Crippen molar-refractivity contribution in [3.8, 4) is 0 Å². The summed E-state index contributed by atoms with van der Waals surface area (Å²) in [7, 11) is 2.09. The first-order valence-electron chi connectivity index (χ1n) is 4.12. The summed E-state index contributed by atoms with van der Waals surface area (Å²) in [5.74, 6) is 1.10. The molecule has 1 unspecified atom stereocenters. The molecular formula is C9H11IN2S. The average molecular weight is 306 g/mol. The Hall–Kier alpha value is -0.100. The molecule has 13 heavy (non-hydrogen) atoms. The second-order valence-corrected chi connectivity index (χ2v) is 5.68. The van der Waals surface area contributed by atoms with Gasteiger partial charge in [0, 0.05) is 11.9 Å². The van der Waals surface area contributed by atoms with E-state index in [4.69, 9.17) is 0 Å². The highest BCUT2D eigenvalue weighted by atomic mass is 127. The fourth-order valence-electron chi connectivity index (χ4n) is 1.37. The summed E-state index contributed by atoms with van der Waals surface area (Å²) in [5.41, 5.74) is 1.16. The summed E-state index contributed by atoms with van der Waals surface area (Å²) >= 11 is 4.31. The van der Waals surface area contributed by atoms with Gasteiger partial charge in [-0.3, -0.25) is 0 Å². The summed E-state index contributed by atoms with van der Waals surface area (Å²) in [6.07, 6.45) is 0. The molecule has 0 saturated carbocycles. The third kappa shape index (κ3) is 1.50. The van der Waals surface area contributed by atoms with Gasteiger partial charge in [0.2, 0.25) is 0 Å². The number of alkyl halides is 1. The Morgan fingerprint density at radius 2 is 2.23 bits per heavy atom. The maximum atomic E-state index is 4.55. The monoisotopic (exact) mass is 306 g/mol. The third-order valence-electron chi connectivity index (χ3n) is 2.21. The molecule has 0 saturated heterocycles. The number of aliphatic imine (C=N–C) groups is 1. The Morgan fingerprint density at radius 3 is 2.92 bits per heavy atom. The van der Waals surface area contributed by atoms with E-state index >= 15 is 0 Å². The minimum Gasteiger partial charge on any atom is -0.346 e. The van der Waals surface area contributed by atoms with Crippen LogP contribution in [0.1, 0.15) is 20.7 Å². The van der Waals surface area contributed by atoms with E-state index in [1.54, 1.807) is 0 Å². The number of thiophene rings is 1. The minimum absolute atomic E-state index is 0.448. The van der Waals surface area contributed by atoms with E-state index < -0.39 is 0 Å². The molecule has 1 atom stereocenters. The van der Waals surface area contributed by atoms with Gasteiger partial charge in [-0.15, -0.1) is 11.3 Å². The molecule has 70 valence electrons. The normalized spacial score (nSPS) is 21.4. The van der Waals surface area contributed by atoms with E-state index in [9.17, 15) is 0 Å². The van der Waals surface area contributed by atoms with Crippen LogP contribution in [0.4, 0.5) is 5.69 Å². The minimum atomic E-state index is 0.448. The van der Waals surface area contributed by atoms with Crippen molar-refractivity contribution in [3.05, 3.63) is 15.8 Å². The number of hydrogen-bond acceptors (Lipinski definition) is 3. The lowest BCUT2D eigenvalue weighted by molar-refractivity contribution is 0.500. The van der Waals surface area contributed by atoms with E-state index in [1.807, 2.05) is 11.3 Å². The van der Waals surface area contributed by atoms with Crippen LogP contribution in [0.2, 0.25) is 0 Å². The second-order valence-electron chi connectivity index (χ2n) is 3.21. The van der Waals surface area contributed by atoms with Crippen LogP contribution in [-0.2, 0) is 0 Å². The van der Waals surface area contributed by atoms with Crippen LogP contribution >= 0.6 is 33.9 Å². The van der Waals surface area contributed by atoms with E-state index in [1.165, 1.54) is 9.75 Å². The number of rotatable bonds is 0. The van der Waals surface area contributed by atoms with Crippen molar-refractivity contribution in [1.82, 2.24) is 4.90 Å². The van der Waals surface area contributed by atoms with Gasteiger partial charge < -0.3 is 4.90 Å². The van der Waals surface area contributed by atoms with Crippen molar-refractivity contribution in [2.45, 2.75) is 17.9 Å². The predicted octanol–water partition coefficient (Wildman–Crippen LogP) is 3.49. The first-order valence-corrected chi connectivity index (χ1v) is 6.18. The molecule has 4 heteroatoms. The van der Waals surface area contributed by atoms with Gasteiger partial charge in [-0.25, -0.2) is 4.99 Å². The lowest BCUT2D eigenvalue weighted by Gasteiger charge is -2.28. The summed E-state index contributed by atoms with van der Waals surface area (Å²) in [4.78, 5) is 9.48. The van der Waals surface area contributed by atoms with Crippen LogP contribution in [0.5, 0.6) is 0 Å². The van der Waals surface area contributed by atoms with Gasteiger partial charge in [0.1, 0.15) is 9.88 Å². The van der Waals surface area contributed by atoms with Gasteiger partial charge in [-0.05, 0) is 19.9 Å². The summed E-state index contributed by atoms with van der Waals surface area (Å²) < 4.78 is 0.448. The van der Waals surface area contributed by atoms with Crippen molar-refractivity contribution >= 4 is 45.5 Å². The van der Waals surface area contributed by atoms with E-state index in [-0.39, 0.29) is 0 Å². The molecule has 0 bridgehead atoms. The van der Waals surface area contributed by atoms with Crippen LogP contribution in [-0.4, -0.2) is 17.8 Å². The van der Waals surface area contributed by atoms with E-state index in [0.29, 0.717) is 4.05 Å². The standard InChI is InChI=1S/C9H11IN2S/c1-5-4-7-8(13-5)9(10)12(3)6(2)11-7/h4,9H,1-3H3. The van der Waals surface area contributed by atoms with Gasteiger partial charge >= 0.3 is 0 Å². The SMILES string of the molecule is CC1=Nc2cc(C)sc2C(I)N1C. The molecule has 0 aliphatic carbocycles. The van der Waals surface area contributed by atoms with Gasteiger partial charge in [0.25, 0.3) is 0 Å². The summed E-state index contributed by atoms with van der Waals surface area (Å²) in [5, 5.41) is 0. The van der Waals surface area contributed by atoms with Crippen molar-refractivity contribution in [3.63, 3.8) is 0 Å². The Balaban J connectivity index is 2.55. The molecule has 2 heterocycles. The predicted molar refractivity (Wildman–Crippen MR) is 66.3 cm³/mol. The molecule has 1 aromatic heterocycles. The number of nitrogens with zero attached hydrogens (tertiary/aromatic N) is 2. The zero-order valence-corrected chi connectivity index (χ0v) is 10.8. The summed E-state index contributed by atoms with van der Waals surface area (Å²) in [6.45, 7) is 4.19. The van der Waals surface area contributed by atoms with Gasteiger partial charge in [-0.2, -0.15) is 0 Å². The number of halogens is 1. The molecular weight excluding hydrogens is 295 g/mol. The topological polar surface area (TPSA) is 15.6 Å². The Morgan fingerprint density at radius 1 is 1.54 bits per heavy atom. The van der Waals surface area contributed by atoms with Crippen molar-refractivity contribution in [2.75, 3.05) is 7.05 Å². The Bertz CT molecular complexity index is 370. The van der Waals surface area contributed by atoms with Crippen molar-refractivity contribution in [2.24, 2.45) is 4.99 Å². The number of hydrogen-bond donors (Lipinski definition) is 0. The van der Waals surface area contributed by atoms with Crippen LogP contribution in [0.3, 0.4) is 0 Å². The average Bonchev–Trinajstić information content (AvgIpc) is 2.42. The Kier molecular flexibility index (Phi) is 2.35. The lowest BCUT2D eigenvalue weighted by Crippen LogP contribution is -2.27. The molecule has 0 radical (unpaired) electrons. The molecule has 0 fully saturated rings. The molecule has 0 amide bonds. The quantitative estimate of drug-likeness (QED) is 0.407. The Labute approximate surface area is 95.8 Å². The maximum Gasteiger partial charge on any atom is 0.118 e. The highest BCUT2D eigenvalue weighted by molar-refractivity contribution is 14.1. The smallest absolute Gasteiger partial charge is 0.118 e. The molecule has 0 spiro atoms. The zero-order chi connectivity index (χ0) is 9.59. The molecule has 1 aromatic rings. The molecule has 2 rings (SSSR count). The fourth-order valence-corrected chi connectivity index (χ4v) is 3.46. The fraction of sp³-hybridized carbons (Fsp3) is 0.444. The van der Waals surface area contributed by atoms with Crippen molar-refractivity contribution in [1.29, 1.82) is 0 Å². The molecule has 1 aliphatic rings. The van der Waals surface area contributed by atoms with Crippen LogP contribution in [0.15, 0.2) is 11.1 Å². The zero-order valence-electron chi connectivity index (χ0n) is 7.84. The van der Waals surface area contributed by atoms with Crippen molar-refractivity contribution < 1.29 is 0 Å². The highest BCUT2D eigenvalue weighted by Gasteiger charge is 2.24. The largest absolute Gasteiger partial charge is 0.346 e. The molecule has 2 nitrogen and oxygen atoms in total. The van der Waals surface area contributed by atoms with Crippen LogP contribution < -0.4 is 0 Å². The molecule has 0 N–H and O–H groups in total. The highest BCUT2D eigenvalue weighted by Crippen LogP contribution is 2.43. The summed E-state index contributed by atoms with van der Waals surface area (Å²) in [6, 6.07) is 2.17. The third-order valence-corrected chi connectivity index (χ3v) is 5.19. The number of amidine groups is 1.